The molecule has 1 aliphatic rings. The van der Waals surface area contributed by atoms with Crippen molar-refractivity contribution in [2.45, 2.75) is 24.9 Å². The molecule has 0 bridgehead atoms. The van der Waals surface area contributed by atoms with Gasteiger partial charge < -0.3 is 14.8 Å². The Balaban J connectivity index is 1.69. The van der Waals surface area contributed by atoms with Gasteiger partial charge in [0.1, 0.15) is 5.75 Å². The first-order valence-electron chi connectivity index (χ1n) is 9.32. The standard InChI is InChI=1S/C22H22BrF2NO3/c23-18-6-3-5-17(14-18)22(10-12-28-13-11-22)15-26-20(27)9-8-16-4-1-2-7-19(16)29-21(24)25/h1-9,14,21H,10-13,15H2,(H,26,27). The molecular formula is C22H22BrF2NO3. The molecule has 0 saturated carbocycles. The highest BCUT2D eigenvalue weighted by molar-refractivity contribution is 9.10. The van der Waals surface area contributed by atoms with Crippen molar-refractivity contribution in [3.8, 4) is 5.75 Å². The van der Waals surface area contributed by atoms with Crippen molar-refractivity contribution in [2.75, 3.05) is 19.8 Å². The number of nitrogens with one attached hydrogen (secondary N) is 1. The summed E-state index contributed by atoms with van der Waals surface area (Å²) in [4.78, 5) is 12.4. The van der Waals surface area contributed by atoms with E-state index in [9.17, 15) is 13.6 Å². The van der Waals surface area contributed by atoms with Crippen molar-refractivity contribution >= 4 is 27.9 Å². The number of alkyl halides is 2. The number of amides is 1. The Bertz CT molecular complexity index is 867. The second-order valence-corrected chi connectivity index (χ2v) is 7.79. The van der Waals surface area contributed by atoms with Crippen molar-refractivity contribution in [3.63, 3.8) is 0 Å². The van der Waals surface area contributed by atoms with Crippen LogP contribution in [0.2, 0.25) is 0 Å². The van der Waals surface area contributed by atoms with Gasteiger partial charge in [0, 0.05) is 41.3 Å². The molecular weight excluding hydrogens is 444 g/mol. The highest BCUT2D eigenvalue weighted by Gasteiger charge is 2.34. The van der Waals surface area contributed by atoms with Crippen LogP contribution in [0.25, 0.3) is 6.08 Å². The van der Waals surface area contributed by atoms with Crippen LogP contribution in [0.3, 0.4) is 0 Å². The Labute approximate surface area is 177 Å². The Morgan fingerprint density at radius 2 is 1.97 bits per heavy atom. The average Bonchev–Trinajstić information content (AvgIpc) is 2.72. The maximum absolute atomic E-state index is 12.5. The van der Waals surface area contributed by atoms with Crippen molar-refractivity contribution in [1.82, 2.24) is 5.32 Å². The molecule has 1 heterocycles. The van der Waals surface area contributed by atoms with Crippen LogP contribution < -0.4 is 10.1 Å². The molecule has 2 aromatic rings. The summed E-state index contributed by atoms with van der Waals surface area (Å²) >= 11 is 3.51. The lowest BCUT2D eigenvalue weighted by Gasteiger charge is -2.38. The summed E-state index contributed by atoms with van der Waals surface area (Å²) in [6.45, 7) is -1.19. The number of carbonyl (C=O) groups excluding carboxylic acids is 1. The smallest absolute Gasteiger partial charge is 0.387 e. The van der Waals surface area contributed by atoms with Crippen LogP contribution in [0.1, 0.15) is 24.0 Å². The number of rotatable bonds is 7. The molecule has 4 nitrogen and oxygen atoms in total. The van der Waals surface area contributed by atoms with Crippen LogP contribution in [0.5, 0.6) is 5.75 Å². The van der Waals surface area contributed by atoms with E-state index in [-0.39, 0.29) is 17.1 Å². The minimum Gasteiger partial charge on any atom is -0.434 e. The van der Waals surface area contributed by atoms with E-state index in [0.717, 1.165) is 22.9 Å². The predicted molar refractivity (Wildman–Crippen MR) is 111 cm³/mol. The molecule has 0 aliphatic carbocycles. The number of carbonyl (C=O) groups is 1. The molecule has 0 radical (unpaired) electrons. The van der Waals surface area contributed by atoms with E-state index in [2.05, 4.69) is 38.1 Å². The molecule has 1 amide bonds. The van der Waals surface area contributed by atoms with Gasteiger partial charge in [-0.15, -0.1) is 0 Å². The lowest BCUT2D eigenvalue weighted by molar-refractivity contribution is -0.116. The third-order valence-electron chi connectivity index (χ3n) is 5.04. The van der Waals surface area contributed by atoms with Crippen LogP contribution >= 0.6 is 15.9 Å². The summed E-state index contributed by atoms with van der Waals surface area (Å²) in [5.41, 5.74) is 1.35. The lowest BCUT2D eigenvalue weighted by Crippen LogP contribution is -2.44. The van der Waals surface area contributed by atoms with E-state index < -0.39 is 6.61 Å². The Kier molecular flexibility index (Phi) is 7.39. The normalized spacial score (nSPS) is 16.1. The number of halogens is 3. The van der Waals surface area contributed by atoms with Crippen molar-refractivity contribution in [2.24, 2.45) is 0 Å². The molecule has 1 N–H and O–H groups in total. The molecule has 3 rings (SSSR count). The zero-order valence-corrected chi connectivity index (χ0v) is 17.3. The minimum atomic E-state index is -2.92. The minimum absolute atomic E-state index is 0.0292. The van der Waals surface area contributed by atoms with Gasteiger partial charge in [-0.25, -0.2) is 0 Å². The third kappa shape index (κ3) is 5.87. The van der Waals surface area contributed by atoms with E-state index in [1.807, 2.05) is 12.1 Å². The van der Waals surface area contributed by atoms with Crippen LogP contribution in [0.15, 0.2) is 59.1 Å². The molecule has 7 heteroatoms. The SMILES string of the molecule is O=C(C=Cc1ccccc1OC(F)F)NCC1(c2cccc(Br)c2)CCOCC1. The molecule has 1 fully saturated rings. The number of ether oxygens (including phenoxy) is 2. The summed E-state index contributed by atoms with van der Waals surface area (Å²) in [6, 6.07) is 14.4. The van der Waals surface area contributed by atoms with Gasteiger partial charge in [0.25, 0.3) is 0 Å². The largest absolute Gasteiger partial charge is 0.434 e. The summed E-state index contributed by atoms with van der Waals surface area (Å²) in [6.07, 6.45) is 4.42. The van der Waals surface area contributed by atoms with E-state index >= 15 is 0 Å². The average molecular weight is 466 g/mol. The third-order valence-corrected chi connectivity index (χ3v) is 5.53. The zero-order valence-electron chi connectivity index (χ0n) is 15.7. The van der Waals surface area contributed by atoms with Gasteiger partial charge in [0.05, 0.1) is 0 Å². The van der Waals surface area contributed by atoms with Gasteiger partial charge in [0.2, 0.25) is 5.91 Å². The highest BCUT2D eigenvalue weighted by Crippen LogP contribution is 2.35. The van der Waals surface area contributed by atoms with Crippen molar-refractivity contribution < 1.29 is 23.0 Å². The number of hydrogen-bond donors (Lipinski definition) is 1. The molecule has 0 unspecified atom stereocenters. The molecule has 0 aromatic heterocycles. The van der Waals surface area contributed by atoms with Crippen LogP contribution in [-0.4, -0.2) is 32.3 Å². The molecule has 1 saturated heterocycles. The lowest BCUT2D eigenvalue weighted by atomic mass is 9.74. The Morgan fingerprint density at radius 1 is 1.21 bits per heavy atom. The number of hydrogen-bond acceptors (Lipinski definition) is 3. The second-order valence-electron chi connectivity index (χ2n) is 6.87. The predicted octanol–water partition coefficient (Wildman–Crippen LogP) is 4.93. The summed E-state index contributed by atoms with van der Waals surface area (Å²) in [7, 11) is 0. The van der Waals surface area contributed by atoms with Crippen molar-refractivity contribution in [1.29, 1.82) is 0 Å². The Morgan fingerprint density at radius 3 is 2.69 bits per heavy atom. The number of para-hydroxylation sites is 1. The van der Waals surface area contributed by atoms with E-state index in [1.165, 1.54) is 18.2 Å². The van der Waals surface area contributed by atoms with E-state index in [4.69, 9.17) is 4.74 Å². The van der Waals surface area contributed by atoms with Crippen LogP contribution in [0.4, 0.5) is 8.78 Å². The summed E-state index contributed by atoms with van der Waals surface area (Å²) < 4.78 is 36.0. The zero-order chi connectivity index (χ0) is 20.7. The molecule has 2 aromatic carbocycles. The van der Waals surface area contributed by atoms with Crippen LogP contribution in [0, 0.1) is 0 Å². The van der Waals surface area contributed by atoms with Gasteiger partial charge in [-0.05, 0) is 42.7 Å². The molecule has 0 atom stereocenters. The first kappa shape index (κ1) is 21.5. The molecule has 154 valence electrons. The summed E-state index contributed by atoms with van der Waals surface area (Å²) in [5, 5.41) is 2.96. The topological polar surface area (TPSA) is 47.6 Å². The first-order chi connectivity index (χ1) is 14.0. The van der Waals surface area contributed by atoms with Crippen molar-refractivity contribution in [3.05, 3.63) is 70.2 Å². The second kappa shape index (κ2) is 9.98. The molecule has 29 heavy (non-hydrogen) atoms. The monoisotopic (exact) mass is 465 g/mol. The van der Waals surface area contributed by atoms with Gasteiger partial charge in [-0.2, -0.15) is 8.78 Å². The summed E-state index contributed by atoms with van der Waals surface area (Å²) in [5.74, 6) is -0.265. The first-order valence-corrected chi connectivity index (χ1v) is 10.1. The maximum Gasteiger partial charge on any atom is 0.387 e. The maximum atomic E-state index is 12.5. The van der Waals surface area contributed by atoms with E-state index in [0.29, 0.717) is 25.3 Å². The van der Waals surface area contributed by atoms with E-state index in [1.54, 1.807) is 18.2 Å². The highest BCUT2D eigenvalue weighted by atomic mass is 79.9. The molecule has 1 aliphatic heterocycles. The fourth-order valence-electron chi connectivity index (χ4n) is 3.45. The Hall–Kier alpha value is -2.25. The number of benzene rings is 2. The quantitative estimate of drug-likeness (QED) is 0.589. The van der Waals surface area contributed by atoms with Gasteiger partial charge in [-0.1, -0.05) is 46.3 Å². The van der Waals surface area contributed by atoms with Crippen LogP contribution in [-0.2, 0) is 14.9 Å². The fourth-order valence-corrected chi connectivity index (χ4v) is 3.85. The molecule has 0 spiro atoms. The van der Waals surface area contributed by atoms with Gasteiger partial charge in [-0.3, -0.25) is 4.79 Å². The fraction of sp³-hybridized carbons (Fsp3) is 0.318. The van der Waals surface area contributed by atoms with Gasteiger partial charge in [0.15, 0.2) is 0 Å². The van der Waals surface area contributed by atoms with Gasteiger partial charge >= 0.3 is 6.61 Å².